The minimum absolute atomic E-state index is 0.281. The zero-order valence-electron chi connectivity index (χ0n) is 19.0. The molecule has 0 heterocycles. The summed E-state index contributed by atoms with van der Waals surface area (Å²) < 4.78 is 0. The monoisotopic (exact) mass is 392 g/mol. The van der Waals surface area contributed by atoms with Gasteiger partial charge in [0.15, 0.2) is 0 Å². The SMILES string of the molecule is CCC(C)CCCCCCCCCCCCC=CCCC=CCCCC(=O)O. The molecular weight excluding hydrogens is 344 g/mol. The Labute approximate surface area is 175 Å². The first-order valence-electron chi connectivity index (χ1n) is 12.2. The summed E-state index contributed by atoms with van der Waals surface area (Å²) in [4.78, 5) is 10.4. The fourth-order valence-corrected chi connectivity index (χ4v) is 3.41. The lowest BCUT2D eigenvalue weighted by Crippen LogP contribution is -1.92. The number of carbonyl (C=O) groups is 1. The van der Waals surface area contributed by atoms with Crippen LogP contribution in [0.25, 0.3) is 0 Å². The van der Waals surface area contributed by atoms with E-state index in [0.717, 1.165) is 31.6 Å². The summed E-state index contributed by atoms with van der Waals surface area (Å²) in [6.07, 6.45) is 31.2. The molecule has 0 saturated carbocycles. The van der Waals surface area contributed by atoms with E-state index in [4.69, 9.17) is 5.11 Å². The van der Waals surface area contributed by atoms with Crippen molar-refractivity contribution in [3.63, 3.8) is 0 Å². The van der Waals surface area contributed by atoms with Gasteiger partial charge in [-0.15, -0.1) is 0 Å². The molecule has 1 unspecified atom stereocenters. The van der Waals surface area contributed by atoms with Crippen LogP contribution >= 0.6 is 0 Å². The van der Waals surface area contributed by atoms with Gasteiger partial charge in [-0.05, 0) is 44.4 Å². The molecule has 0 spiro atoms. The van der Waals surface area contributed by atoms with Crippen molar-refractivity contribution in [2.24, 2.45) is 5.92 Å². The third kappa shape index (κ3) is 23.0. The van der Waals surface area contributed by atoms with Crippen LogP contribution in [0.3, 0.4) is 0 Å². The molecule has 0 rings (SSSR count). The number of rotatable bonds is 21. The van der Waals surface area contributed by atoms with Crippen LogP contribution < -0.4 is 0 Å². The van der Waals surface area contributed by atoms with Crippen LogP contribution in [0, 0.1) is 5.92 Å². The van der Waals surface area contributed by atoms with E-state index in [0.29, 0.717) is 0 Å². The van der Waals surface area contributed by atoms with Gasteiger partial charge in [-0.3, -0.25) is 4.79 Å². The fourth-order valence-electron chi connectivity index (χ4n) is 3.41. The molecular formula is C26H48O2. The maximum atomic E-state index is 10.4. The van der Waals surface area contributed by atoms with Crippen molar-refractivity contribution in [3.8, 4) is 0 Å². The molecule has 0 bridgehead atoms. The van der Waals surface area contributed by atoms with E-state index in [1.54, 1.807) is 0 Å². The Morgan fingerprint density at radius 2 is 1.11 bits per heavy atom. The zero-order valence-corrected chi connectivity index (χ0v) is 19.0. The molecule has 1 N–H and O–H groups in total. The van der Waals surface area contributed by atoms with Crippen LogP contribution in [0.5, 0.6) is 0 Å². The third-order valence-electron chi connectivity index (χ3n) is 5.61. The van der Waals surface area contributed by atoms with Gasteiger partial charge in [0.1, 0.15) is 0 Å². The van der Waals surface area contributed by atoms with Crippen LogP contribution in [0.4, 0.5) is 0 Å². The smallest absolute Gasteiger partial charge is 0.303 e. The molecule has 0 radical (unpaired) electrons. The van der Waals surface area contributed by atoms with Gasteiger partial charge >= 0.3 is 5.97 Å². The zero-order chi connectivity index (χ0) is 20.7. The lowest BCUT2D eigenvalue weighted by atomic mass is 9.99. The molecule has 0 amide bonds. The van der Waals surface area contributed by atoms with Gasteiger partial charge in [-0.1, -0.05) is 109 Å². The molecule has 1 atom stereocenters. The van der Waals surface area contributed by atoms with E-state index in [2.05, 4.69) is 38.2 Å². The quantitative estimate of drug-likeness (QED) is 0.156. The second kappa shape index (κ2) is 22.2. The van der Waals surface area contributed by atoms with Gasteiger partial charge < -0.3 is 5.11 Å². The van der Waals surface area contributed by atoms with E-state index in [1.165, 1.54) is 83.5 Å². The minimum atomic E-state index is -0.695. The number of carboxylic acid groups (broad SMARTS) is 1. The second-order valence-electron chi connectivity index (χ2n) is 8.43. The molecule has 0 aromatic heterocycles. The molecule has 2 nitrogen and oxygen atoms in total. The summed E-state index contributed by atoms with van der Waals surface area (Å²) >= 11 is 0. The lowest BCUT2D eigenvalue weighted by molar-refractivity contribution is -0.137. The highest BCUT2D eigenvalue weighted by molar-refractivity contribution is 5.66. The van der Waals surface area contributed by atoms with Gasteiger partial charge in [0, 0.05) is 6.42 Å². The summed E-state index contributed by atoms with van der Waals surface area (Å²) in [5.41, 5.74) is 0. The topological polar surface area (TPSA) is 37.3 Å². The lowest BCUT2D eigenvalue weighted by Gasteiger charge is -2.07. The van der Waals surface area contributed by atoms with E-state index in [1.807, 2.05) is 0 Å². The van der Waals surface area contributed by atoms with Gasteiger partial charge in [0.2, 0.25) is 0 Å². The predicted molar refractivity (Wildman–Crippen MR) is 124 cm³/mol. The third-order valence-corrected chi connectivity index (χ3v) is 5.61. The van der Waals surface area contributed by atoms with Crippen molar-refractivity contribution in [3.05, 3.63) is 24.3 Å². The summed E-state index contributed by atoms with van der Waals surface area (Å²) in [5, 5.41) is 8.55. The van der Waals surface area contributed by atoms with Crippen molar-refractivity contribution in [2.45, 2.75) is 129 Å². The van der Waals surface area contributed by atoms with Gasteiger partial charge in [-0.2, -0.15) is 0 Å². The Bertz CT molecular complexity index is 384. The Morgan fingerprint density at radius 1 is 0.679 bits per heavy atom. The number of allylic oxidation sites excluding steroid dienone is 4. The van der Waals surface area contributed by atoms with Gasteiger partial charge in [0.25, 0.3) is 0 Å². The molecule has 0 aliphatic carbocycles. The Kier molecular flexibility index (Phi) is 21.4. The molecule has 164 valence electrons. The van der Waals surface area contributed by atoms with Crippen molar-refractivity contribution in [1.82, 2.24) is 0 Å². The van der Waals surface area contributed by atoms with Crippen molar-refractivity contribution in [1.29, 1.82) is 0 Å². The van der Waals surface area contributed by atoms with Crippen LogP contribution in [-0.2, 0) is 4.79 Å². The number of carboxylic acids is 1. The van der Waals surface area contributed by atoms with E-state index < -0.39 is 5.97 Å². The Hall–Kier alpha value is -1.05. The predicted octanol–water partition coefficient (Wildman–Crippen LogP) is 8.86. The second-order valence-corrected chi connectivity index (χ2v) is 8.43. The summed E-state index contributed by atoms with van der Waals surface area (Å²) in [5.74, 6) is 0.229. The first-order valence-corrected chi connectivity index (χ1v) is 12.2. The number of hydrogen-bond acceptors (Lipinski definition) is 1. The Balaban J connectivity index is 3.17. The molecule has 2 heteroatoms. The first kappa shape index (κ1) is 27.0. The molecule has 0 aliphatic rings. The molecule has 0 aliphatic heterocycles. The maximum absolute atomic E-state index is 10.4. The van der Waals surface area contributed by atoms with Crippen LogP contribution in [0.1, 0.15) is 129 Å². The molecule has 0 aromatic carbocycles. The van der Waals surface area contributed by atoms with Crippen LogP contribution in [-0.4, -0.2) is 11.1 Å². The van der Waals surface area contributed by atoms with Crippen LogP contribution in [0.15, 0.2) is 24.3 Å². The summed E-state index contributed by atoms with van der Waals surface area (Å²) in [7, 11) is 0. The highest BCUT2D eigenvalue weighted by atomic mass is 16.4. The van der Waals surface area contributed by atoms with Crippen LogP contribution in [0.2, 0.25) is 0 Å². The average molecular weight is 393 g/mol. The number of hydrogen-bond donors (Lipinski definition) is 1. The first-order chi connectivity index (χ1) is 13.7. The van der Waals surface area contributed by atoms with Crippen molar-refractivity contribution < 1.29 is 9.90 Å². The van der Waals surface area contributed by atoms with Crippen molar-refractivity contribution in [2.75, 3.05) is 0 Å². The van der Waals surface area contributed by atoms with E-state index in [9.17, 15) is 4.79 Å². The van der Waals surface area contributed by atoms with Crippen molar-refractivity contribution >= 4 is 5.97 Å². The normalized spacial score (nSPS) is 12.9. The largest absolute Gasteiger partial charge is 0.481 e. The summed E-state index contributed by atoms with van der Waals surface area (Å²) in [6, 6.07) is 0. The Morgan fingerprint density at radius 3 is 1.61 bits per heavy atom. The highest BCUT2D eigenvalue weighted by Gasteiger charge is 1.98. The average Bonchev–Trinajstić information content (AvgIpc) is 2.68. The molecule has 28 heavy (non-hydrogen) atoms. The standard InChI is InChI=1S/C26H48O2/c1-3-25(2)23-21-19-17-15-13-11-9-7-5-4-6-8-10-12-14-16-18-20-22-24-26(27)28/h8,10,16,18,25H,3-7,9,11-15,17,19-24H2,1-2H3,(H,27,28). The fraction of sp³-hybridized carbons (Fsp3) is 0.808. The molecule has 0 fully saturated rings. The maximum Gasteiger partial charge on any atom is 0.303 e. The minimum Gasteiger partial charge on any atom is -0.481 e. The van der Waals surface area contributed by atoms with Gasteiger partial charge in [0.05, 0.1) is 0 Å². The molecule has 0 saturated heterocycles. The number of unbranched alkanes of at least 4 members (excludes halogenated alkanes) is 12. The molecule has 0 aromatic rings. The van der Waals surface area contributed by atoms with E-state index >= 15 is 0 Å². The summed E-state index contributed by atoms with van der Waals surface area (Å²) in [6.45, 7) is 4.68. The van der Waals surface area contributed by atoms with Gasteiger partial charge in [-0.25, -0.2) is 0 Å². The number of aliphatic carboxylic acids is 1. The highest BCUT2D eigenvalue weighted by Crippen LogP contribution is 2.15. The van der Waals surface area contributed by atoms with E-state index in [-0.39, 0.29) is 6.42 Å².